The summed E-state index contributed by atoms with van der Waals surface area (Å²) in [7, 11) is 1.62. The van der Waals surface area contributed by atoms with Gasteiger partial charge in [-0.15, -0.1) is 12.4 Å². The topological polar surface area (TPSA) is 63.2 Å². The highest BCUT2D eigenvalue weighted by Crippen LogP contribution is 2.40. The number of hydrogen-bond donors (Lipinski definition) is 2. The van der Waals surface area contributed by atoms with Crippen LogP contribution in [0.1, 0.15) is 34.7 Å². The molecule has 1 amide bonds. The fraction of sp³-hybridized carbons (Fsp3) is 0.300. The van der Waals surface area contributed by atoms with E-state index in [9.17, 15) is 9.18 Å². The highest BCUT2D eigenvalue weighted by molar-refractivity contribution is 7.22. The fourth-order valence-corrected chi connectivity index (χ4v) is 4.52. The van der Waals surface area contributed by atoms with Crippen LogP contribution in [0.15, 0.2) is 36.4 Å². The molecule has 1 fully saturated rings. The van der Waals surface area contributed by atoms with Crippen molar-refractivity contribution >= 4 is 45.0 Å². The van der Waals surface area contributed by atoms with Crippen LogP contribution in [0.5, 0.6) is 5.75 Å². The number of benzene rings is 2. The first-order valence-electron chi connectivity index (χ1n) is 8.91. The zero-order valence-corrected chi connectivity index (χ0v) is 17.0. The molecule has 3 aromatic rings. The Labute approximate surface area is 172 Å². The standard InChI is InChI=1S/C20H20FN3O2S.ClH/c1-26-16-7-6-15(12-8-10-22-11-9-12)18-17(16)23-20(27-18)24-19(25)13-2-4-14(21)5-3-13;/h2-7,12,22H,8-11H2,1H3,(H,23,24,25);1H. The minimum atomic E-state index is -0.372. The molecule has 0 saturated carbocycles. The molecule has 8 heteroatoms. The van der Waals surface area contributed by atoms with Gasteiger partial charge in [0, 0.05) is 5.56 Å². The highest BCUT2D eigenvalue weighted by atomic mass is 35.5. The van der Waals surface area contributed by atoms with Crippen molar-refractivity contribution in [3.8, 4) is 5.75 Å². The number of thiazole rings is 1. The van der Waals surface area contributed by atoms with Gasteiger partial charge in [-0.1, -0.05) is 17.4 Å². The molecule has 0 unspecified atom stereocenters. The van der Waals surface area contributed by atoms with Crippen LogP contribution < -0.4 is 15.4 Å². The number of rotatable bonds is 4. The number of nitrogens with one attached hydrogen (secondary N) is 2. The number of hydrogen-bond acceptors (Lipinski definition) is 5. The van der Waals surface area contributed by atoms with Crippen molar-refractivity contribution < 1.29 is 13.9 Å². The summed E-state index contributed by atoms with van der Waals surface area (Å²) in [6.07, 6.45) is 2.16. The van der Waals surface area contributed by atoms with Crippen LogP contribution in [0, 0.1) is 5.82 Å². The molecule has 1 aromatic heterocycles. The van der Waals surface area contributed by atoms with E-state index >= 15 is 0 Å². The summed E-state index contributed by atoms with van der Waals surface area (Å²) in [6.45, 7) is 2.01. The van der Waals surface area contributed by atoms with Gasteiger partial charge in [0.25, 0.3) is 5.91 Å². The maximum atomic E-state index is 13.1. The van der Waals surface area contributed by atoms with Crippen LogP contribution in [0.3, 0.4) is 0 Å². The van der Waals surface area contributed by atoms with Gasteiger partial charge in [0.15, 0.2) is 5.13 Å². The highest BCUT2D eigenvalue weighted by Gasteiger charge is 2.22. The minimum absolute atomic E-state index is 0. The van der Waals surface area contributed by atoms with Crippen LogP contribution in [-0.2, 0) is 0 Å². The van der Waals surface area contributed by atoms with E-state index in [4.69, 9.17) is 4.74 Å². The normalized spacial score (nSPS) is 14.5. The van der Waals surface area contributed by atoms with Crippen molar-refractivity contribution in [3.05, 3.63) is 53.3 Å². The maximum absolute atomic E-state index is 13.1. The van der Waals surface area contributed by atoms with Gasteiger partial charge in [-0.2, -0.15) is 0 Å². The lowest BCUT2D eigenvalue weighted by Gasteiger charge is -2.23. The third kappa shape index (κ3) is 4.11. The Morgan fingerprint density at radius 3 is 2.61 bits per heavy atom. The van der Waals surface area contributed by atoms with Gasteiger partial charge in [0.2, 0.25) is 0 Å². The summed E-state index contributed by atoms with van der Waals surface area (Å²) in [6, 6.07) is 9.51. The van der Waals surface area contributed by atoms with Crippen molar-refractivity contribution in [1.29, 1.82) is 0 Å². The van der Waals surface area contributed by atoms with Gasteiger partial charge in [-0.3, -0.25) is 10.1 Å². The lowest BCUT2D eigenvalue weighted by molar-refractivity contribution is 0.102. The van der Waals surface area contributed by atoms with Crippen LogP contribution in [0.4, 0.5) is 9.52 Å². The van der Waals surface area contributed by atoms with E-state index in [-0.39, 0.29) is 24.1 Å². The summed E-state index contributed by atoms with van der Waals surface area (Å²) in [5.74, 6) is 0.487. The zero-order valence-electron chi connectivity index (χ0n) is 15.3. The molecular weight excluding hydrogens is 401 g/mol. The Bertz CT molecular complexity index is 971. The zero-order chi connectivity index (χ0) is 18.8. The molecule has 1 saturated heterocycles. The molecule has 1 aliphatic heterocycles. The second-order valence-corrected chi connectivity index (χ2v) is 7.54. The van der Waals surface area contributed by atoms with Crippen molar-refractivity contribution in [1.82, 2.24) is 10.3 Å². The third-order valence-corrected chi connectivity index (χ3v) is 5.88. The first-order valence-corrected chi connectivity index (χ1v) is 9.72. The molecule has 0 radical (unpaired) electrons. The number of ether oxygens (including phenoxy) is 1. The predicted octanol–water partition coefficient (Wildman–Crippen LogP) is 4.59. The van der Waals surface area contributed by atoms with E-state index in [0.29, 0.717) is 22.4 Å². The van der Waals surface area contributed by atoms with Crippen molar-refractivity contribution in [2.24, 2.45) is 0 Å². The summed E-state index contributed by atoms with van der Waals surface area (Å²) >= 11 is 1.46. The van der Waals surface area contributed by atoms with Crippen LogP contribution in [0.25, 0.3) is 10.2 Å². The molecule has 1 aliphatic rings. The summed E-state index contributed by atoms with van der Waals surface area (Å²) in [4.78, 5) is 17.0. The lowest BCUT2D eigenvalue weighted by Crippen LogP contribution is -2.26. The van der Waals surface area contributed by atoms with E-state index < -0.39 is 0 Å². The summed E-state index contributed by atoms with van der Waals surface area (Å²) < 4.78 is 19.6. The van der Waals surface area contributed by atoms with E-state index in [1.165, 1.54) is 41.2 Å². The van der Waals surface area contributed by atoms with E-state index in [1.807, 2.05) is 6.07 Å². The molecule has 4 rings (SSSR count). The SMILES string of the molecule is COc1ccc(C2CCNCC2)c2sc(NC(=O)c3ccc(F)cc3)nc12.Cl. The van der Waals surface area contributed by atoms with Gasteiger partial charge in [0.05, 0.1) is 11.8 Å². The Hall–Kier alpha value is -2.22. The average Bonchev–Trinajstić information content (AvgIpc) is 3.11. The molecule has 28 heavy (non-hydrogen) atoms. The molecule has 5 nitrogen and oxygen atoms in total. The number of aromatic nitrogens is 1. The molecule has 0 bridgehead atoms. The number of methoxy groups -OCH3 is 1. The van der Waals surface area contributed by atoms with Crippen LogP contribution >= 0.6 is 23.7 Å². The Balaban J connectivity index is 0.00000225. The van der Waals surface area contributed by atoms with E-state index in [0.717, 1.165) is 36.1 Å². The number of fused-ring (bicyclic) bond motifs is 1. The van der Waals surface area contributed by atoms with Crippen LogP contribution in [-0.4, -0.2) is 31.1 Å². The monoisotopic (exact) mass is 421 g/mol. The Morgan fingerprint density at radius 1 is 1.21 bits per heavy atom. The minimum Gasteiger partial charge on any atom is -0.494 e. The summed E-state index contributed by atoms with van der Waals surface area (Å²) in [5, 5.41) is 6.73. The fourth-order valence-electron chi connectivity index (χ4n) is 3.45. The quantitative estimate of drug-likeness (QED) is 0.647. The number of carbonyl (C=O) groups is 1. The lowest BCUT2D eigenvalue weighted by atomic mass is 9.90. The van der Waals surface area contributed by atoms with Gasteiger partial charge in [0.1, 0.15) is 17.1 Å². The number of anilines is 1. The number of nitrogens with zero attached hydrogens (tertiary/aromatic N) is 1. The van der Waals surface area contributed by atoms with E-state index in [2.05, 4.69) is 21.7 Å². The number of amides is 1. The smallest absolute Gasteiger partial charge is 0.257 e. The van der Waals surface area contributed by atoms with Crippen molar-refractivity contribution in [2.45, 2.75) is 18.8 Å². The van der Waals surface area contributed by atoms with Crippen molar-refractivity contribution in [3.63, 3.8) is 0 Å². The largest absolute Gasteiger partial charge is 0.494 e. The molecule has 2 aromatic carbocycles. The molecule has 148 valence electrons. The summed E-state index contributed by atoms with van der Waals surface area (Å²) in [5.41, 5.74) is 2.42. The van der Waals surface area contributed by atoms with E-state index in [1.54, 1.807) is 7.11 Å². The maximum Gasteiger partial charge on any atom is 0.257 e. The number of carbonyl (C=O) groups excluding carboxylic acids is 1. The molecule has 2 heterocycles. The second-order valence-electron chi connectivity index (χ2n) is 6.54. The van der Waals surface area contributed by atoms with Gasteiger partial charge < -0.3 is 10.1 Å². The third-order valence-electron chi connectivity index (χ3n) is 4.86. The predicted molar refractivity (Wildman–Crippen MR) is 113 cm³/mol. The second kappa shape index (κ2) is 8.86. The molecule has 0 atom stereocenters. The van der Waals surface area contributed by atoms with Crippen LogP contribution in [0.2, 0.25) is 0 Å². The Morgan fingerprint density at radius 2 is 1.93 bits per heavy atom. The van der Waals surface area contributed by atoms with Gasteiger partial charge in [-0.05, 0) is 67.7 Å². The molecular formula is C20H21ClFN3O2S. The average molecular weight is 422 g/mol. The Kier molecular flexibility index (Phi) is 6.49. The van der Waals surface area contributed by atoms with Gasteiger partial charge in [-0.25, -0.2) is 9.37 Å². The van der Waals surface area contributed by atoms with Gasteiger partial charge >= 0.3 is 0 Å². The number of halogens is 2. The molecule has 0 aliphatic carbocycles. The molecule has 2 N–H and O–H groups in total. The van der Waals surface area contributed by atoms with Crippen molar-refractivity contribution in [2.75, 3.05) is 25.5 Å². The number of piperidine rings is 1. The molecule has 0 spiro atoms. The first-order chi connectivity index (χ1) is 13.2. The first kappa shape index (κ1) is 20.5.